The van der Waals surface area contributed by atoms with Crippen molar-refractivity contribution >= 4 is 15.7 Å². The molecule has 0 spiro atoms. The van der Waals surface area contributed by atoms with Gasteiger partial charge in [-0.1, -0.05) is 13.8 Å². The zero-order chi connectivity index (χ0) is 13.9. The van der Waals surface area contributed by atoms with Crippen LogP contribution in [-0.4, -0.2) is 43.1 Å². The molecule has 0 aromatic carbocycles. The van der Waals surface area contributed by atoms with E-state index < -0.39 is 26.6 Å². The van der Waals surface area contributed by atoms with Gasteiger partial charge in [0.25, 0.3) is 0 Å². The quantitative estimate of drug-likeness (QED) is 0.725. The SMILES string of the molecule is CC(C)CC(O)CNC(=O)C(C)(C)S(C)(=O)=O. The molecule has 0 radical (unpaired) electrons. The van der Waals surface area contributed by atoms with Crippen molar-refractivity contribution in [2.24, 2.45) is 5.92 Å². The molecule has 0 aliphatic rings. The molecular formula is C11H23NO4S. The van der Waals surface area contributed by atoms with E-state index in [1.54, 1.807) is 0 Å². The summed E-state index contributed by atoms with van der Waals surface area (Å²) in [6.45, 7) is 6.71. The average Bonchev–Trinajstić information content (AvgIpc) is 2.10. The van der Waals surface area contributed by atoms with Crippen LogP contribution in [0, 0.1) is 5.92 Å². The Morgan fingerprint density at radius 2 is 1.82 bits per heavy atom. The summed E-state index contributed by atoms with van der Waals surface area (Å²) in [5.74, 6) is -0.257. The number of nitrogens with one attached hydrogen (secondary N) is 1. The molecule has 0 saturated heterocycles. The molecule has 1 amide bonds. The minimum atomic E-state index is -3.47. The molecule has 0 saturated carbocycles. The Bertz CT molecular complexity index is 360. The van der Waals surface area contributed by atoms with Crippen LogP contribution in [0.4, 0.5) is 0 Å². The van der Waals surface area contributed by atoms with E-state index in [1.807, 2.05) is 13.8 Å². The Morgan fingerprint density at radius 3 is 2.18 bits per heavy atom. The lowest BCUT2D eigenvalue weighted by Gasteiger charge is -2.22. The first-order chi connectivity index (χ1) is 7.48. The van der Waals surface area contributed by atoms with Crippen LogP contribution < -0.4 is 5.32 Å². The highest BCUT2D eigenvalue weighted by atomic mass is 32.2. The summed E-state index contributed by atoms with van der Waals surface area (Å²) in [6, 6.07) is 0. The monoisotopic (exact) mass is 265 g/mol. The third-order valence-electron chi connectivity index (χ3n) is 2.72. The van der Waals surface area contributed by atoms with Gasteiger partial charge in [-0.2, -0.15) is 0 Å². The molecule has 0 heterocycles. The van der Waals surface area contributed by atoms with Crippen LogP contribution >= 0.6 is 0 Å². The molecule has 0 aromatic heterocycles. The van der Waals surface area contributed by atoms with Gasteiger partial charge in [0.15, 0.2) is 9.84 Å². The average molecular weight is 265 g/mol. The summed E-state index contributed by atoms with van der Waals surface area (Å²) < 4.78 is 21.3. The molecule has 0 aromatic rings. The van der Waals surface area contributed by atoms with Gasteiger partial charge in [-0.3, -0.25) is 4.79 Å². The third-order valence-corrected chi connectivity index (χ3v) is 4.75. The fourth-order valence-corrected chi connectivity index (χ4v) is 1.63. The van der Waals surface area contributed by atoms with Crippen LogP contribution in [0.1, 0.15) is 34.1 Å². The zero-order valence-electron chi connectivity index (χ0n) is 11.1. The highest BCUT2D eigenvalue weighted by Gasteiger charge is 2.38. The molecule has 6 heteroatoms. The Morgan fingerprint density at radius 1 is 1.35 bits per heavy atom. The summed E-state index contributed by atoms with van der Waals surface area (Å²) in [5, 5.41) is 12.0. The van der Waals surface area contributed by atoms with Crippen molar-refractivity contribution < 1.29 is 18.3 Å². The Labute approximate surface area is 104 Å². The molecule has 0 fully saturated rings. The van der Waals surface area contributed by atoms with E-state index in [-0.39, 0.29) is 6.54 Å². The number of sulfone groups is 1. The second-order valence-corrected chi connectivity index (χ2v) is 7.84. The standard InChI is InChI=1S/C11H23NO4S/c1-8(2)6-9(13)7-12-10(14)11(3,4)17(5,15)16/h8-9,13H,6-7H2,1-5H3,(H,12,14). The van der Waals surface area contributed by atoms with Crippen molar-refractivity contribution in [1.29, 1.82) is 0 Å². The molecule has 1 atom stereocenters. The van der Waals surface area contributed by atoms with E-state index in [0.717, 1.165) is 6.26 Å². The molecule has 102 valence electrons. The van der Waals surface area contributed by atoms with E-state index in [2.05, 4.69) is 5.32 Å². The highest BCUT2D eigenvalue weighted by Crippen LogP contribution is 2.15. The molecule has 1 unspecified atom stereocenters. The Kier molecular flexibility index (Phi) is 5.61. The molecule has 17 heavy (non-hydrogen) atoms. The molecular weight excluding hydrogens is 242 g/mol. The predicted molar refractivity (Wildman–Crippen MR) is 67.4 cm³/mol. The van der Waals surface area contributed by atoms with Crippen molar-refractivity contribution in [2.45, 2.75) is 45.0 Å². The molecule has 0 aliphatic heterocycles. The van der Waals surface area contributed by atoms with E-state index in [4.69, 9.17) is 0 Å². The normalized spacial score (nSPS) is 14.8. The predicted octanol–water partition coefficient (Wildman–Crippen LogP) is 0.333. The van der Waals surface area contributed by atoms with Gasteiger partial charge < -0.3 is 10.4 Å². The van der Waals surface area contributed by atoms with Crippen LogP contribution in [0.5, 0.6) is 0 Å². The van der Waals surface area contributed by atoms with Gasteiger partial charge in [-0.25, -0.2) is 8.42 Å². The van der Waals surface area contributed by atoms with Crippen LogP contribution in [0.2, 0.25) is 0 Å². The van der Waals surface area contributed by atoms with E-state index in [9.17, 15) is 18.3 Å². The number of rotatable bonds is 6. The Balaban J connectivity index is 4.38. The highest BCUT2D eigenvalue weighted by molar-refractivity contribution is 7.92. The first-order valence-corrected chi connectivity index (χ1v) is 7.53. The van der Waals surface area contributed by atoms with Crippen LogP contribution in [0.15, 0.2) is 0 Å². The largest absolute Gasteiger partial charge is 0.391 e. The molecule has 0 rings (SSSR count). The van der Waals surface area contributed by atoms with Crippen molar-refractivity contribution in [3.05, 3.63) is 0 Å². The maximum atomic E-state index is 11.7. The summed E-state index contributed by atoms with van der Waals surface area (Å²) in [5.41, 5.74) is 0. The van der Waals surface area contributed by atoms with Gasteiger partial charge in [0.05, 0.1) is 6.10 Å². The number of hydrogen-bond donors (Lipinski definition) is 2. The van der Waals surface area contributed by atoms with Crippen LogP contribution in [0.25, 0.3) is 0 Å². The van der Waals surface area contributed by atoms with Gasteiger partial charge in [0, 0.05) is 12.8 Å². The van der Waals surface area contributed by atoms with Crippen molar-refractivity contribution in [3.8, 4) is 0 Å². The third kappa shape index (κ3) is 5.04. The number of aliphatic hydroxyl groups excluding tert-OH is 1. The first kappa shape index (κ1) is 16.4. The lowest BCUT2D eigenvalue weighted by molar-refractivity contribution is -0.123. The van der Waals surface area contributed by atoms with Crippen molar-refractivity contribution in [3.63, 3.8) is 0 Å². The second kappa shape index (κ2) is 5.82. The lowest BCUT2D eigenvalue weighted by atomic mass is 10.1. The van der Waals surface area contributed by atoms with Gasteiger partial charge in [0.2, 0.25) is 5.91 Å². The number of carbonyl (C=O) groups is 1. The van der Waals surface area contributed by atoms with E-state index >= 15 is 0 Å². The maximum Gasteiger partial charge on any atom is 0.240 e. The lowest BCUT2D eigenvalue weighted by Crippen LogP contribution is -2.49. The summed E-state index contributed by atoms with van der Waals surface area (Å²) in [7, 11) is -3.47. The fraction of sp³-hybridized carbons (Fsp3) is 0.909. The number of aliphatic hydroxyl groups is 1. The fourth-order valence-electron chi connectivity index (χ4n) is 1.22. The first-order valence-electron chi connectivity index (χ1n) is 5.64. The van der Waals surface area contributed by atoms with Gasteiger partial charge in [0.1, 0.15) is 4.75 Å². The zero-order valence-corrected chi connectivity index (χ0v) is 12.0. The van der Waals surface area contributed by atoms with Crippen LogP contribution in [-0.2, 0) is 14.6 Å². The topological polar surface area (TPSA) is 83.5 Å². The van der Waals surface area contributed by atoms with Crippen molar-refractivity contribution in [2.75, 3.05) is 12.8 Å². The molecule has 5 nitrogen and oxygen atoms in total. The second-order valence-electron chi connectivity index (χ2n) is 5.28. The summed E-state index contributed by atoms with van der Waals surface area (Å²) in [4.78, 5) is 11.7. The van der Waals surface area contributed by atoms with Gasteiger partial charge in [-0.15, -0.1) is 0 Å². The maximum absolute atomic E-state index is 11.7. The van der Waals surface area contributed by atoms with Gasteiger partial charge in [-0.05, 0) is 26.2 Å². The van der Waals surface area contributed by atoms with Crippen LogP contribution in [0.3, 0.4) is 0 Å². The number of hydrogen-bond acceptors (Lipinski definition) is 4. The Hall–Kier alpha value is -0.620. The molecule has 0 aliphatic carbocycles. The van der Waals surface area contributed by atoms with Crippen molar-refractivity contribution in [1.82, 2.24) is 5.32 Å². The minimum absolute atomic E-state index is 0.0793. The van der Waals surface area contributed by atoms with E-state index in [0.29, 0.717) is 12.3 Å². The molecule has 2 N–H and O–H groups in total. The summed E-state index contributed by atoms with van der Waals surface area (Å²) in [6.07, 6.45) is 0.950. The van der Waals surface area contributed by atoms with Gasteiger partial charge >= 0.3 is 0 Å². The molecule has 0 bridgehead atoms. The van der Waals surface area contributed by atoms with E-state index in [1.165, 1.54) is 13.8 Å². The minimum Gasteiger partial charge on any atom is -0.391 e. The smallest absolute Gasteiger partial charge is 0.240 e. The summed E-state index contributed by atoms with van der Waals surface area (Å²) >= 11 is 0. The number of amides is 1. The number of carbonyl (C=O) groups excluding carboxylic acids is 1.